The number of benzene rings is 1. The summed E-state index contributed by atoms with van der Waals surface area (Å²) in [4.78, 5) is 11.7. The van der Waals surface area contributed by atoms with Crippen LogP contribution in [0.3, 0.4) is 0 Å². The molecule has 0 fully saturated rings. The van der Waals surface area contributed by atoms with Gasteiger partial charge in [-0.2, -0.15) is 0 Å². The lowest BCUT2D eigenvalue weighted by atomic mass is 10.2. The van der Waals surface area contributed by atoms with Gasteiger partial charge in [0.1, 0.15) is 19.8 Å². The topological polar surface area (TPSA) is 66.0 Å². The van der Waals surface area contributed by atoms with Crippen LogP contribution in [0.1, 0.15) is 0 Å². The number of methoxy groups -OCH3 is 1. The van der Waals surface area contributed by atoms with Gasteiger partial charge in [0, 0.05) is 19.2 Å². The summed E-state index contributed by atoms with van der Waals surface area (Å²) in [6.45, 7) is 1.70. The molecule has 2 rings (SSSR count). The van der Waals surface area contributed by atoms with Crippen molar-refractivity contribution in [1.29, 1.82) is 0 Å². The summed E-state index contributed by atoms with van der Waals surface area (Å²) in [5.41, 5.74) is 0.469. The second kappa shape index (κ2) is 7.33. The van der Waals surface area contributed by atoms with Crippen LogP contribution in [-0.4, -0.2) is 46.1 Å². The molecule has 20 heavy (non-hydrogen) atoms. The quantitative estimate of drug-likeness (QED) is 0.810. The van der Waals surface area contributed by atoms with Crippen molar-refractivity contribution in [1.82, 2.24) is 0 Å². The van der Waals surface area contributed by atoms with Crippen molar-refractivity contribution >= 4 is 23.2 Å². The van der Waals surface area contributed by atoms with Gasteiger partial charge in [-0.3, -0.25) is 4.79 Å². The molecule has 1 N–H and O–H groups in total. The van der Waals surface area contributed by atoms with Crippen LogP contribution in [0.25, 0.3) is 0 Å². The number of hydrogen-bond donors (Lipinski definition) is 1. The van der Waals surface area contributed by atoms with Gasteiger partial charge < -0.3 is 24.3 Å². The highest BCUT2D eigenvalue weighted by Crippen LogP contribution is 2.37. The molecule has 0 saturated heterocycles. The van der Waals surface area contributed by atoms with E-state index in [0.717, 1.165) is 0 Å². The zero-order valence-electron chi connectivity index (χ0n) is 11.1. The molecule has 1 aromatic rings. The Balaban J connectivity index is 1.93. The van der Waals surface area contributed by atoms with E-state index in [1.54, 1.807) is 19.2 Å². The first-order chi connectivity index (χ1) is 9.70. The maximum absolute atomic E-state index is 11.7. The molecule has 1 heterocycles. The number of halogens is 1. The van der Waals surface area contributed by atoms with E-state index in [1.165, 1.54) is 0 Å². The van der Waals surface area contributed by atoms with Crippen LogP contribution in [0.15, 0.2) is 12.1 Å². The molecule has 0 saturated carbocycles. The van der Waals surface area contributed by atoms with Gasteiger partial charge in [0.05, 0.1) is 23.9 Å². The molecular weight excluding hydrogens is 286 g/mol. The van der Waals surface area contributed by atoms with Gasteiger partial charge in [-0.1, -0.05) is 11.6 Å². The van der Waals surface area contributed by atoms with E-state index >= 15 is 0 Å². The minimum absolute atomic E-state index is 0.0614. The second-order valence-corrected chi connectivity index (χ2v) is 4.48. The number of hydrogen-bond acceptors (Lipinski definition) is 5. The lowest BCUT2D eigenvalue weighted by Crippen LogP contribution is -2.20. The molecular formula is C13H16ClNO5. The Bertz CT molecular complexity index is 480. The summed E-state index contributed by atoms with van der Waals surface area (Å²) < 4.78 is 20.8. The van der Waals surface area contributed by atoms with Crippen molar-refractivity contribution in [2.45, 2.75) is 0 Å². The van der Waals surface area contributed by atoms with Crippen molar-refractivity contribution in [3.63, 3.8) is 0 Å². The van der Waals surface area contributed by atoms with Crippen LogP contribution >= 0.6 is 11.6 Å². The third kappa shape index (κ3) is 4.00. The van der Waals surface area contributed by atoms with Gasteiger partial charge >= 0.3 is 0 Å². The highest BCUT2D eigenvalue weighted by atomic mass is 35.5. The first kappa shape index (κ1) is 14.9. The van der Waals surface area contributed by atoms with Crippen molar-refractivity contribution in [2.24, 2.45) is 0 Å². The number of ether oxygens (including phenoxy) is 4. The van der Waals surface area contributed by atoms with Crippen LogP contribution in [0, 0.1) is 0 Å². The van der Waals surface area contributed by atoms with Crippen LogP contribution in [-0.2, 0) is 14.3 Å². The van der Waals surface area contributed by atoms with E-state index in [9.17, 15) is 4.79 Å². The molecule has 1 aromatic carbocycles. The van der Waals surface area contributed by atoms with E-state index in [4.69, 9.17) is 30.5 Å². The van der Waals surface area contributed by atoms with Gasteiger partial charge in [-0.15, -0.1) is 0 Å². The van der Waals surface area contributed by atoms with Crippen molar-refractivity contribution < 1.29 is 23.7 Å². The molecule has 0 atom stereocenters. The average molecular weight is 302 g/mol. The standard InChI is InChI=1S/C13H16ClNO5/c1-17-2-3-18-8-13(16)15-10-7-12-11(6-9(10)14)19-4-5-20-12/h6-7H,2-5,8H2,1H3,(H,15,16). The molecule has 0 aromatic heterocycles. The number of anilines is 1. The normalized spacial score (nSPS) is 13.1. The summed E-state index contributed by atoms with van der Waals surface area (Å²) in [7, 11) is 1.57. The molecule has 6 nitrogen and oxygen atoms in total. The number of nitrogens with one attached hydrogen (secondary N) is 1. The fraction of sp³-hybridized carbons (Fsp3) is 0.462. The Morgan fingerprint density at radius 2 is 2.00 bits per heavy atom. The summed E-state index contributed by atoms with van der Waals surface area (Å²) in [6, 6.07) is 3.27. The smallest absolute Gasteiger partial charge is 0.250 e. The van der Waals surface area contributed by atoms with E-state index < -0.39 is 0 Å². The van der Waals surface area contributed by atoms with E-state index in [1.807, 2.05) is 0 Å². The fourth-order valence-electron chi connectivity index (χ4n) is 1.65. The Morgan fingerprint density at radius 3 is 2.70 bits per heavy atom. The maximum atomic E-state index is 11.7. The Morgan fingerprint density at radius 1 is 1.30 bits per heavy atom. The summed E-state index contributed by atoms with van der Waals surface area (Å²) in [5.74, 6) is 0.853. The molecule has 110 valence electrons. The summed E-state index contributed by atoms with van der Waals surface area (Å²) in [5, 5.41) is 3.05. The zero-order valence-corrected chi connectivity index (χ0v) is 11.9. The largest absolute Gasteiger partial charge is 0.486 e. The van der Waals surface area contributed by atoms with Crippen molar-refractivity contribution in [2.75, 3.05) is 45.5 Å². The monoisotopic (exact) mass is 301 g/mol. The zero-order chi connectivity index (χ0) is 14.4. The highest BCUT2D eigenvalue weighted by Gasteiger charge is 2.16. The van der Waals surface area contributed by atoms with Crippen LogP contribution in [0.4, 0.5) is 5.69 Å². The van der Waals surface area contributed by atoms with E-state index in [0.29, 0.717) is 48.6 Å². The Kier molecular flexibility index (Phi) is 5.46. The van der Waals surface area contributed by atoms with Crippen molar-refractivity contribution in [3.8, 4) is 11.5 Å². The predicted molar refractivity (Wildman–Crippen MR) is 73.8 cm³/mol. The second-order valence-electron chi connectivity index (χ2n) is 4.07. The van der Waals surface area contributed by atoms with E-state index in [-0.39, 0.29) is 12.5 Å². The van der Waals surface area contributed by atoms with Gasteiger partial charge in [0.15, 0.2) is 11.5 Å². The molecule has 0 bridgehead atoms. The average Bonchev–Trinajstić information content (AvgIpc) is 2.44. The first-order valence-electron chi connectivity index (χ1n) is 6.16. The molecule has 0 spiro atoms. The van der Waals surface area contributed by atoms with Gasteiger partial charge in [0.25, 0.3) is 0 Å². The van der Waals surface area contributed by atoms with Gasteiger partial charge in [-0.25, -0.2) is 0 Å². The minimum atomic E-state index is -0.292. The molecule has 1 aliphatic rings. The molecule has 0 radical (unpaired) electrons. The van der Waals surface area contributed by atoms with E-state index in [2.05, 4.69) is 5.32 Å². The third-order valence-electron chi connectivity index (χ3n) is 2.57. The van der Waals surface area contributed by atoms with Crippen LogP contribution < -0.4 is 14.8 Å². The Labute approximate surface area is 121 Å². The maximum Gasteiger partial charge on any atom is 0.250 e. The third-order valence-corrected chi connectivity index (χ3v) is 2.88. The lowest BCUT2D eigenvalue weighted by Gasteiger charge is -2.20. The number of carbonyl (C=O) groups is 1. The molecule has 7 heteroatoms. The van der Waals surface area contributed by atoms with Crippen LogP contribution in [0.2, 0.25) is 5.02 Å². The fourth-order valence-corrected chi connectivity index (χ4v) is 1.85. The lowest BCUT2D eigenvalue weighted by molar-refractivity contribution is -0.121. The molecule has 0 unspecified atom stereocenters. The molecule has 0 aliphatic carbocycles. The predicted octanol–water partition coefficient (Wildman–Crippen LogP) is 1.71. The van der Waals surface area contributed by atoms with Crippen LogP contribution in [0.5, 0.6) is 11.5 Å². The summed E-state index contributed by atoms with van der Waals surface area (Å²) >= 11 is 6.08. The number of carbonyl (C=O) groups excluding carboxylic acids is 1. The minimum Gasteiger partial charge on any atom is -0.486 e. The van der Waals surface area contributed by atoms with Gasteiger partial charge in [-0.05, 0) is 0 Å². The SMILES string of the molecule is COCCOCC(=O)Nc1cc2c(cc1Cl)OCCO2. The Hall–Kier alpha value is -1.50. The van der Waals surface area contributed by atoms with Gasteiger partial charge in [0.2, 0.25) is 5.91 Å². The highest BCUT2D eigenvalue weighted by molar-refractivity contribution is 6.34. The first-order valence-corrected chi connectivity index (χ1v) is 6.54. The van der Waals surface area contributed by atoms with Crippen molar-refractivity contribution in [3.05, 3.63) is 17.2 Å². The number of rotatable bonds is 6. The number of fused-ring (bicyclic) bond motifs is 1. The molecule has 1 amide bonds. The number of amides is 1. The molecule has 1 aliphatic heterocycles. The summed E-state index contributed by atoms with van der Waals surface area (Å²) in [6.07, 6.45) is 0.